The number of para-hydroxylation sites is 1. The van der Waals surface area contributed by atoms with Crippen molar-refractivity contribution in [2.75, 3.05) is 37.6 Å². The maximum absolute atomic E-state index is 12.5. The second kappa shape index (κ2) is 10.3. The molecule has 0 spiro atoms. The second-order valence-corrected chi connectivity index (χ2v) is 8.26. The number of anilines is 1. The van der Waals surface area contributed by atoms with E-state index in [1.165, 1.54) is 18.5 Å². The van der Waals surface area contributed by atoms with Crippen molar-refractivity contribution in [3.05, 3.63) is 60.2 Å². The average Bonchev–Trinajstić information content (AvgIpc) is 3.33. The van der Waals surface area contributed by atoms with Crippen molar-refractivity contribution in [3.63, 3.8) is 0 Å². The van der Waals surface area contributed by atoms with E-state index >= 15 is 0 Å². The van der Waals surface area contributed by atoms with Crippen LogP contribution in [0, 0.1) is 0 Å². The highest BCUT2D eigenvalue weighted by Crippen LogP contribution is 2.24. The van der Waals surface area contributed by atoms with E-state index in [1.54, 1.807) is 12.1 Å². The summed E-state index contributed by atoms with van der Waals surface area (Å²) in [6.07, 6.45) is 5.30. The summed E-state index contributed by atoms with van der Waals surface area (Å²) in [4.78, 5) is 29.1. The van der Waals surface area contributed by atoms with Crippen LogP contribution < -0.4 is 15.0 Å². The minimum atomic E-state index is -0.158. The summed E-state index contributed by atoms with van der Waals surface area (Å²) in [6, 6.07) is 17.5. The molecule has 2 fully saturated rings. The van der Waals surface area contributed by atoms with Crippen LogP contribution in [0.1, 0.15) is 42.5 Å². The molecule has 1 N–H and O–H groups in total. The van der Waals surface area contributed by atoms with Gasteiger partial charge in [0.2, 0.25) is 5.91 Å². The molecule has 2 aromatic rings. The average molecular weight is 422 g/mol. The number of ether oxygens (including phenoxy) is 1. The number of carbonyl (C=O) groups excluding carboxylic acids is 2. The van der Waals surface area contributed by atoms with E-state index in [2.05, 4.69) is 22.3 Å². The molecule has 2 aliphatic rings. The van der Waals surface area contributed by atoms with Gasteiger partial charge in [0, 0.05) is 50.4 Å². The van der Waals surface area contributed by atoms with Crippen molar-refractivity contribution in [1.29, 1.82) is 0 Å². The topological polar surface area (TPSA) is 61.9 Å². The first-order chi connectivity index (χ1) is 15.2. The monoisotopic (exact) mass is 421 g/mol. The molecule has 1 saturated heterocycles. The van der Waals surface area contributed by atoms with Gasteiger partial charge in [-0.3, -0.25) is 9.59 Å². The number of nitrogens with zero attached hydrogens (tertiary/aromatic N) is 2. The van der Waals surface area contributed by atoms with Gasteiger partial charge >= 0.3 is 0 Å². The van der Waals surface area contributed by atoms with Crippen molar-refractivity contribution < 1.29 is 14.3 Å². The SMILES string of the molecule is O=C(NCCC(=O)N1CCN(c2ccccc2)CC1)c1ccc(OC2CCCC2)cc1. The molecule has 2 amide bonds. The highest BCUT2D eigenvalue weighted by atomic mass is 16.5. The molecule has 6 heteroatoms. The van der Waals surface area contributed by atoms with E-state index in [-0.39, 0.29) is 11.8 Å². The number of benzene rings is 2. The molecule has 4 rings (SSSR count). The van der Waals surface area contributed by atoms with Crippen molar-refractivity contribution in [2.45, 2.75) is 38.2 Å². The molecule has 1 saturated carbocycles. The Morgan fingerprint density at radius 3 is 2.26 bits per heavy atom. The molecule has 0 atom stereocenters. The van der Waals surface area contributed by atoms with E-state index in [0.717, 1.165) is 31.7 Å². The third kappa shape index (κ3) is 5.78. The minimum absolute atomic E-state index is 0.0910. The van der Waals surface area contributed by atoms with Gasteiger partial charge in [-0.1, -0.05) is 18.2 Å². The number of rotatable bonds is 7. The van der Waals surface area contributed by atoms with Crippen LogP contribution in [0.25, 0.3) is 0 Å². The number of hydrogen-bond acceptors (Lipinski definition) is 4. The lowest BCUT2D eigenvalue weighted by molar-refractivity contribution is -0.131. The highest BCUT2D eigenvalue weighted by molar-refractivity contribution is 5.94. The van der Waals surface area contributed by atoms with Crippen LogP contribution in [-0.4, -0.2) is 55.5 Å². The first-order valence-electron chi connectivity index (χ1n) is 11.3. The highest BCUT2D eigenvalue weighted by Gasteiger charge is 2.21. The third-order valence-corrected chi connectivity index (χ3v) is 6.10. The maximum atomic E-state index is 12.5. The Bertz CT molecular complexity index is 855. The van der Waals surface area contributed by atoms with Crippen molar-refractivity contribution in [3.8, 4) is 5.75 Å². The summed E-state index contributed by atoms with van der Waals surface area (Å²) in [5.74, 6) is 0.746. The Morgan fingerprint density at radius 1 is 0.903 bits per heavy atom. The van der Waals surface area contributed by atoms with Crippen molar-refractivity contribution >= 4 is 17.5 Å². The van der Waals surface area contributed by atoms with E-state index in [4.69, 9.17) is 4.74 Å². The van der Waals surface area contributed by atoms with Crippen LogP contribution in [0.2, 0.25) is 0 Å². The minimum Gasteiger partial charge on any atom is -0.490 e. The van der Waals surface area contributed by atoms with Gasteiger partial charge in [0.05, 0.1) is 6.10 Å². The Kier molecular flexibility index (Phi) is 7.07. The second-order valence-electron chi connectivity index (χ2n) is 8.26. The standard InChI is InChI=1S/C25H31N3O3/c29-24(28-18-16-27(17-19-28)21-6-2-1-3-7-21)14-15-26-25(30)20-10-12-23(13-11-20)31-22-8-4-5-9-22/h1-3,6-7,10-13,22H,4-5,8-9,14-19H2,(H,26,30). The lowest BCUT2D eigenvalue weighted by Gasteiger charge is -2.36. The molecule has 31 heavy (non-hydrogen) atoms. The van der Waals surface area contributed by atoms with E-state index in [1.807, 2.05) is 35.2 Å². The van der Waals surface area contributed by atoms with Gasteiger partial charge in [0.15, 0.2) is 0 Å². The van der Waals surface area contributed by atoms with Gasteiger partial charge < -0.3 is 19.9 Å². The third-order valence-electron chi connectivity index (χ3n) is 6.10. The Labute approximate surface area is 184 Å². The molecule has 0 unspecified atom stereocenters. The fraction of sp³-hybridized carbons (Fsp3) is 0.440. The molecular formula is C25H31N3O3. The van der Waals surface area contributed by atoms with Gasteiger partial charge in [-0.05, 0) is 62.1 Å². The van der Waals surface area contributed by atoms with Crippen LogP contribution in [0.15, 0.2) is 54.6 Å². The molecule has 164 valence electrons. The Balaban J connectivity index is 1.17. The van der Waals surface area contributed by atoms with Crippen LogP contribution in [0.4, 0.5) is 5.69 Å². The summed E-state index contributed by atoms with van der Waals surface area (Å²) >= 11 is 0. The number of nitrogens with one attached hydrogen (secondary N) is 1. The lowest BCUT2D eigenvalue weighted by Crippen LogP contribution is -2.49. The first kappa shape index (κ1) is 21.2. The molecule has 1 heterocycles. The lowest BCUT2D eigenvalue weighted by atomic mass is 10.2. The van der Waals surface area contributed by atoms with Crippen molar-refractivity contribution in [1.82, 2.24) is 10.2 Å². The van der Waals surface area contributed by atoms with E-state index < -0.39 is 0 Å². The molecule has 1 aliphatic carbocycles. The van der Waals surface area contributed by atoms with Crippen LogP contribution in [0.3, 0.4) is 0 Å². The molecule has 1 aliphatic heterocycles. The van der Waals surface area contributed by atoms with E-state index in [0.29, 0.717) is 37.7 Å². The fourth-order valence-corrected chi connectivity index (χ4v) is 4.28. The smallest absolute Gasteiger partial charge is 0.251 e. The number of hydrogen-bond donors (Lipinski definition) is 1. The van der Waals surface area contributed by atoms with Crippen molar-refractivity contribution in [2.24, 2.45) is 0 Å². The Morgan fingerprint density at radius 2 is 1.58 bits per heavy atom. The number of piperazine rings is 1. The van der Waals surface area contributed by atoms with Crippen LogP contribution >= 0.6 is 0 Å². The summed E-state index contributed by atoms with van der Waals surface area (Å²) in [5.41, 5.74) is 1.78. The number of amides is 2. The summed E-state index contributed by atoms with van der Waals surface area (Å²) < 4.78 is 5.94. The fourth-order valence-electron chi connectivity index (χ4n) is 4.28. The van der Waals surface area contributed by atoms with Gasteiger partial charge in [-0.25, -0.2) is 0 Å². The molecule has 2 aromatic carbocycles. The zero-order chi connectivity index (χ0) is 21.5. The zero-order valence-corrected chi connectivity index (χ0v) is 18.0. The molecule has 0 aromatic heterocycles. The predicted octanol–water partition coefficient (Wildman–Crippen LogP) is 3.48. The van der Waals surface area contributed by atoms with Crippen LogP contribution in [-0.2, 0) is 4.79 Å². The molecule has 0 bridgehead atoms. The summed E-state index contributed by atoms with van der Waals surface area (Å²) in [7, 11) is 0. The summed E-state index contributed by atoms with van der Waals surface area (Å²) in [6.45, 7) is 3.43. The van der Waals surface area contributed by atoms with Crippen LogP contribution in [0.5, 0.6) is 5.75 Å². The number of carbonyl (C=O) groups is 2. The van der Waals surface area contributed by atoms with E-state index in [9.17, 15) is 9.59 Å². The maximum Gasteiger partial charge on any atom is 0.251 e. The van der Waals surface area contributed by atoms with Gasteiger partial charge in [0.1, 0.15) is 5.75 Å². The predicted molar refractivity (Wildman–Crippen MR) is 122 cm³/mol. The molecule has 6 nitrogen and oxygen atoms in total. The van der Waals surface area contributed by atoms with Gasteiger partial charge in [-0.15, -0.1) is 0 Å². The summed E-state index contributed by atoms with van der Waals surface area (Å²) in [5, 5.41) is 2.86. The normalized spacial score (nSPS) is 16.9. The first-order valence-corrected chi connectivity index (χ1v) is 11.3. The molecule has 0 radical (unpaired) electrons. The zero-order valence-electron chi connectivity index (χ0n) is 18.0. The van der Waals surface area contributed by atoms with Gasteiger partial charge in [-0.2, -0.15) is 0 Å². The largest absolute Gasteiger partial charge is 0.490 e. The molecular weight excluding hydrogens is 390 g/mol. The quantitative estimate of drug-likeness (QED) is 0.744. The van der Waals surface area contributed by atoms with Gasteiger partial charge in [0.25, 0.3) is 5.91 Å². The Hall–Kier alpha value is -3.02.